The number of aromatic nitrogens is 2. The van der Waals surface area contributed by atoms with Crippen LogP contribution in [0.2, 0.25) is 0 Å². The summed E-state index contributed by atoms with van der Waals surface area (Å²) >= 11 is 0. The molecule has 0 spiro atoms. The lowest BCUT2D eigenvalue weighted by Crippen LogP contribution is -2.28. The molecule has 24 heavy (non-hydrogen) atoms. The third-order valence-corrected chi connectivity index (χ3v) is 3.70. The molecule has 1 N–H and O–H groups in total. The highest BCUT2D eigenvalue weighted by Gasteiger charge is 2.25. The number of benzene rings is 1. The molecule has 0 fully saturated rings. The van der Waals surface area contributed by atoms with Crippen LogP contribution in [0.1, 0.15) is 42.0 Å². The van der Waals surface area contributed by atoms with Crippen molar-refractivity contribution < 1.29 is 18.3 Å². The molecular formula is C17H17F2N3O2. The van der Waals surface area contributed by atoms with Crippen molar-refractivity contribution in [2.75, 3.05) is 5.32 Å². The van der Waals surface area contributed by atoms with E-state index in [0.717, 1.165) is 16.3 Å². The zero-order valence-corrected chi connectivity index (χ0v) is 13.5. The number of anilines is 1. The zero-order chi connectivity index (χ0) is 17.5. The largest absolute Gasteiger partial charge is 0.481 e. The molecule has 7 heteroatoms. The normalized spacial score (nSPS) is 15.1. The molecule has 0 aliphatic carbocycles. The van der Waals surface area contributed by atoms with Gasteiger partial charge in [0.25, 0.3) is 12.3 Å². The summed E-state index contributed by atoms with van der Waals surface area (Å²) in [5, 5.41) is 6.52. The van der Waals surface area contributed by atoms with Crippen LogP contribution in [0.3, 0.4) is 0 Å². The second kappa shape index (κ2) is 5.74. The number of fused-ring (bicyclic) bond motifs is 1. The first-order valence-corrected chi connectivity index (χ1v) is 7.41. The van der Waals surface area contributed by atoms with Gasteiger partial charge in [0, 0.05) is 12.6 Å². The van der Waals surface area contributed by atoms with E-state index in [0.29, 0.717) is 11.4 Å². The van der Waals surface area contributed by atoms with Gasteiger partial charge in [-0.15, -0.1) is 0 Å². The fourth-order valence-corrected chi connectivity index (χ4v) is 2.47. The Hall–Kier alpha value is -2.70. The smallest absolute Gasteiger partial charge is 0.280 e. The molecule has 1 aliphatic rings. The Balaban J connectivity index is 1.89. The molecule has 0 radical (unpaired) electrons. The summed E-state index contributed by atoms with van der Waals surface area (Å²) in [4.78, 5) is 12.3. The number of carbonyl (C=O) groups excluding carboxylic acids is 1. The van der Waals surface area contributed by atoms with Crippen molar-refractivity contribution in [2.24, 2.45) is 7.05 Å². The predicted octanol–water partition coefficient (Wildman–Crippen LogP) is 3.79. The highest BCUT2D eigenvalue weighted by molar-refractivity contribution is 6.04. The van der Waals surface area contributed by atoms with Gasteiger partial charge in [0.1, 0.15) is 11.3 Å². The molecule has 3 rings (SSSR count). The maximum absolute atomic E-state index is 12.8. The monoisotopic (exact) mass is 333 g/mol. The second-order valence-electron chi connectivity index (χ2n) is 6.10. The molecule has 0 bridgehead atoms. The number of carbonyl (C=O) groups is 1. The number of hydrogen-bond donors (Lipinski definition) is 1. The number of amides is 1. The Bertz CT molecular complexity index is 825. The molecule has 5 nitrogen and oxygen atoms in total. The van der Waals surface area contributed by atoms with Crippen LogP contribution in [-0.4, -0.2) is 21.3 Å². The molecule has 1 amide bonds. The molecule has 0 saturated heterocycles. The highest BCUT2D eigenvalue weighted by Crippen LogP contribution is 2.37. The van der Waals surface area contributed by atoms with Crippen molar-refractivity contribution >= 4 is 17.7 Å². The molecule has 1 aromatic carbocycles. The SMILES string of the molecule is Cn1nc(C(=O)Nc2cccc3c2OC(C)(C)C=C3)cc1C(F)F. The fourth-order valence-electron chi connectivity index (χ4n) is 2.47. The van der Waals surface area contributed by atoms with Crippen LogP contribution in [0.4, 0.5) is 14.5 Å². The first-order chi connectivity index (χ1) is 11.3. The van der Waals surface area contributed by atoms with Crippen molar-refractivity contribution in [1.82, 2.24) is 9.78 Å². The quantitative estimate of drug-likeness (QED) is 0.930. The lowest BCUT2D eigenvalue weighted by molar-refractivity contribution is 0.101. The van der Waals surface area contributed by atoms with Crippen molar-refractivity contribution in [1.29, 1.82) is 0 Å². The minimum atomic E-state index is -2.69. The lowest BCUT2D eigenvalue weighted by atomic mass is 10.0. The third kappa shape index (κ3) is 3.02. The number of halogens is 2. The number of nitrogens with zero attached hydrogens (tertiary/aromatic N) is 2. The maximum Gasteiger partial charge on any atom is 0.280 e. The van der Waals surface area contributed by atoms with Gasteiger partial charge in [0.15, 0.2) is 11.4 Å². The van der Waals surface area contributed by atoms with Gasteiger partial charge in [0.05, 0.1) is 5.69 Å². The number of ether oxygens (including phenoxy) is 1. The molecule has 2 aromatic rings. The summed E-state index contributed by atoms with van der Waals surface area (Å²) in [5.41, 5.74) is 0.425. The van der Waals surface area contributed by atoms with E-state index in [1.807, 2.05) is 32.1 Å². The minimum Gasteiger partial charge on any atom is -0.481 e. The van der Waals surface area contributed by atoms with E-state index in [1.165, 1.54) is 7.05 Å². The average Bonchev–Trinajstić information content (AvgIpc) is 2.89. The molecule has 126 valence electrons. The van der Waals surface area contributed by atoms with E-state index in [-0.39, 0.29) is 11.4 Å². The average molecular weight is 333 g/mol. The number of rotatable bonds is 3. The van der Waals surface area contributed by atoms with E-state index >= 15 is 0 Å². The van der Waals surface area contributed by atoms with E-state index < -0.39 is 17.9 Å². The lowest BCUT2D eigenvalue weighted by Gasteiger charge is -2.29. The predicted molar refractivity (Wildman–Crippen MR) is 86.3 cm³/mol. The Kier molecular flexibility index (Phi) is 3.87. The Morgan fingerprint density at radius 3 is 2.79 bits per heavy atom. The zero-order valence-electron chi connectivity index (χ0n) is 13.5. The highest BCUT2D eigenvalue weighted by atomic mass is 19.3. The van der Waals surface area contributed by atoms with E-state index in [1.54, 1.807) is 12.1 Å². The van der Waals surface area contributed by atoms with Gasteiger partial charge in [-0.1, -0.05) is 18.2 Å². The summed E-state index contributed by atoms with van der Waals surface area (Å²) < 4.78 is 32.6. The molecule has 0 saturated carbocycles. The van der Waals surface area contributed by atoms with Gasteiger partial charge >= 0.3 is 0 Å². The maximum atomic E-state index is 12.8. The Labute approximate surface area is 137 Å². The van der Waals surface area contributed by atoms with Crippen molar-refractivity contribution in [3.8, 4) is 5.75 Å². The molecule has 2 heterocycles. The summed E-state index contributed by atoms with van der Waals surface area (Å²) in [6.45, 7) is 3.80. The standard InChI is InChI=1S/C17H17F2N3O2/c1-17(2)8-7-10-5-4-6-11(14(10)24-17)20-16(23)12-9-13(15(18)19)22(3)21-12/h4-9,15H,1-3H3,(H,20,23). The van der Waals surface area contributed by atoms with E-state index in [9.17, 15) is 13.6 Å². The van der Waals surface area contributed by atoms with Gasteiger partial charge < -0.3 is 10.1 Å². The summed E-state index contributed by atoms with van der Waals surface area (Å²) in [7, 11) is 1.37. The van der Waals surface area contributed by atoms with Crippen LogP contribution < -0.4 is 10.1 Å². The number of aryl methyl sites for hydroxylation is 1. The molecule has 0 unspecified atom stereocenters. The number of para-hydroxylation sites is 1. The number of alkyl halides is 2. The van der Waals surface area contributed by atoms with Crippen LogP contribution in [0.5, 0.6) is 5.75 Å². The molecule has 0 atom stereocenters. The van der Waals surface area contributed by atoms with Gasteiger partial charge in [-0.25, -0.2) is 8.78 Å². The van der Waals surface area contributed by atoms with Crippen LogP contribution in [0, 0.1) is 0 Å². The third-order valence-electron chi connectivity index (χ3n) is 3.70. The second-order valence-corrected chi connectivity index (χ2v) is 6.10. The van der Waals surface area contributed by atoms with Gasteiger partial charge in [0.2, 0.25) is 0 Å². The van der Waals surface area contributed by atoms with E-state index in [2.05, 4.69) is 10.4 Å². The summed E-state index contributed by atoms with van der Waals surface area (Å²) in [5.74, 6) is -0.0229. The Morgan fingerprint density at radius 1 is 1.38 bits per heavy atom. The van der Waals surface area contributed by atoms with Crippen LogP contribution in [0.25, 0.3) is 6.08 Å². The van der Waals surface area contributed by atoms with Gasteiger partial charge in [-0.05, 0) is 32.1 Å². The first-order valence-electron chi connectivity index (χ1n) is 7.41. The topological polar surface area (TPSA) is 56.2 Å². The first kappa shape index (κ1) is 16.2. The molecule has 1 aliphatic heterocycles. The van der Waals surface area contributed by atoms with Gasteiger partial charge in [-0.2, -0.15) is 5.10 Å². The van der Waals surface area contributed by atoms with Crippen molar-refractivity contribution in [2.45, 2.75) is 25.9 Å². The molecule has 1 aromatic heterocycles. The fraction of sp³-hybridized carbons (Fsp3) is 0.294. The van der Waals surface area contributed by atoms with Crippen molar-refractivity contribution in [3.05, 3.63) is 47.3 Å². The molecular weight excluding hydrogens is 316 g/mol. The van der Waals surface area contributed by atoms with Gasteiger partial charge in [-0.3, -0.25) is 9.48 Å². The Morgan fingerprint density at radius 2 is 2.12 bits per heavy atom. The minimum absolute atomic E-state index is 0.0731. The summed E-state index contributed by atoms with van der Waals surface area (Å²) in [6, 6.07) is 6.43. The number of hydrogen-bond acceptors (Lipinski definition) is 3. The van der Waals surface area contributed by atoms with Crippen LogP contribution in [0.15, 0.2) is 30.3 Å². The van der Waals surface area contributed by atoms with Crippen molar-refractivity contribution in [3.63, 3.8) is 0 Å². The van der Waals surface area contributed by atoms with Crippen LogP contribution in [-0.2, 0) is 7.05 Å². The van der Waals surface area contributed by atoms with Crippen LogP contribution >= 0.6 is 0 Å². The summed E-state index contributed by atoms with van der Waals surface area (Å²) in [6.07, 6.45) is 1.15. The van der Waals surface area contributed by atoms with E-state index in [4.69, 9.17) is 4.74 Å². The number of nitrogens with one attached hydrogen (secondary N) is 1.